The molecule has 4 nitrogen and oxygen atoms in total. The van der Waals surface area contributed by atoms with Gasteiger partial charge in [-0.3, -0.25) is 4.79 Å². The van der Waals surface area contributed by atoms with Crippen molar-refractivity contribution in [3.8, 4) is 0 Å². The number of ether oxygens (including phenoxy) is 1. The fraction of sp³-hybridized carbons (Fsp3) is 0.929. The van der Waals surface area contributed by atoms with Crippen LogP contribution in [-0.4, -0.2) is 49.7 Å². The van der Waals surface area contributed by atoms with E-state index < -0.39 is 0 Å². The highest BCUT2D eigenvalue weighted by Gasteiger charge is 2.31. The number of methoxy groups -OCH3 is 1. The van der Waals surface area contributed by atoms with Gasteiger partial charge in [0.15, 0.2) is 0 Å². The molecule has 1 fully saturated rings. The minimum absolute atomic E-state index is 0.0383. The number of nitrogens with zero attached hydrogens (tertiary/aromatic N) is 1. The Kier molecular flexibility index (Phi) is 7.28. The van der Waals surface area contributed by atoms with Gasteiger partial charge in [-0.25, -0.2) is 0 Å². The van der Waals surface area contributed by atoms with E-state index in [1.54, 1.807) is 7.11 Å². The van der Waals surface area contributed by atoms with Gasteiger partial charge in [-0.1, -0.05) is 26.7 Å². The van der Waals surface area contributed by atoms with Crippen LogP contribution in [0.25, 0.3) is 0 Å². The third-order valence-corrected chi connectivity index (χ3v) is 3.60. The second-order valence-electron chi connectivity index (χ2n) is 5.09. The number of rotatable bonds is 8. The Hall–Kier alpha value is -0.610. The summed E-state index contributed by atoms with van der Waals surface area (Å²) < 4.78 is 5.30. The van der Waals surface area contributed by atoms with Gasteiger partial charge in [-0.05, 0) is 19.3 Å². The Morgan fingerprint density at radius 3 is 2.33 bits per heavy atom. The van der Waals surface area contributed by atoms with Crippen LogP contribution in [0.3, 0.4) is 0 Å². The topological polar surface area (TPSA) is 41.6 Å². The molecule has 0 aromatic heterocycles. The van der Waals surface area contributed by atoms with E-state index in [-0.39, 0.29) is 18.1 Å². The lowest BCUT2D eigenvalue weighted by Gasteiger charge is -2.25. The highest BCUT2D eigenvalue weighted by molar-refractivity contribution is 5.82. The highest BCUT2D eigenvalue weighted by Crippen LogP contribution is 2.13. The highest BCUT2D eigenvalue weighted by atomic mass is 16.5. The lowest BCUT2D eigenvalue weighted by Crippen LogP contribution is -2.44. The molecule has 0 aromatic rings. The van der Waals surface area contributed by atoms with Crippen LogP contribution in [0.4, 0.5) is 0 Å². The van der Waals surface area contributed by atoms with Crippen LogP contribution < -0.4 is 5.32 Å². The van der Waals surface area contributed by atoms with Gasteiger partial charge < -0.3 is 15.0 Å². The zero-order valence-electron chi connectivity index (χ0n) is 12.1. The van der Waals surface area contributed by atoms with Crippen LogP contribution in [0.5, 0.6) is 0 Å². The summed E-state index contributed by atoms with van der Waals surface area (Å²) in [5.74, 6) is 0.261. The predicted molar refractivity (Wildman–Crippen MR) is 73.6 cm³/mol. The van der Waals surface area contributed by atoms with Gasteiger partial charge in [0.25, 0.3) is 0 Å². The zero-order chi connectivity index (χ0) is 13.4. The van der Waals surface area contributed by atoms with Crippen molar-refractivity contribution in [3.63, 3.8) is 0 Å². The summed E-state index contributed by atoms with van der Waals surface area (Å²) in [7, 11) is 1.71. The van der Waals surface area contributed by atoms with Gasteiger partial charge in [0.1, 0.15) is 0 Å². The largest absolute Gasteiger partial charge is 0.380 e. The Morgan fingerprint density at radius 2 is 1.89 bits per heavy atom. The molecule has 0 radical (unpaired) electrons. The average molecular weight is 256 g/mol. The first kappa shape index (κ1) is 15.4. The van der Waals surface area contributed by atoms with Crippen molar-refractivity contribution in [1.82, 2.24) is 10.2 Å². The van der Waals surface area contributed by atoms with E-state index in [1.807, 2.05) is 4.90 Å². The third-order valence-electron chi connectivity index (χ3n) is 3.60. The van der Waals surface area contributed by atoms with Crippen molar-refractivity contribution in [2.75, 3.05) is 26.7 Å². The van der Waals surface area contributed by atoms with Crippen molar-refractivity contribution >= 4 is 5.91 Å². The summed E-state index contributed by atoms with van der Waals surface area (Å²) >= 11 is 0. The van der Waals surface area contributed by atoms with E-state index in [9.17, 15) is 4.79 Å². The Bertz CT molecular complexity index is 238. The summed E-state index contributed by atoms with van der Waals surface area (Å²) in [6.45, 7) is 6.91. The second-order valence-corrected chi connectivity index (χ2v) is 5.09. The van der Waals surface area contributed by atoms with E-state index in [1.165, 1.54) is 0 Å². The van der Waals surface area contributed by atoms with Crippen LogP contribution >= 0.6 is 0 Å². The van der Waals surface area contributed by atoms with Gasteiger partial charge in [0, 0.05) is 26.7 Å². The minimum Gasteiger partial charge on any atom is -0.380 e. The summed E-state index contributed by atoms with van der Waals surface area (Å²) in [6.07, 6.45) is 5.46. The van der Waals surface area contributed by atoms with Crippen LogP contribution in [0.2, 0.25) is 0 Å². The molecule has 1 N–H and O–H groups in total. The molecule has 1 rings (SSSR count). The molecular weight excluding hydrogens is 228 g/mol. The van der Waals surface area contributed by atoms with Gasteiger partial charge in [-0.2, -0.15) is 0 Å². The number of unbranched alkanes of at least 4 members (excludes halogenated alkanes) is 2. The lowest BCUT2D eigenvalue weighted by molar-refractivity contribution is -0.133. The normalized spacial score (nSPS) is 23.3. The molecule has 1 amide bonds. The molecule has 0 saturated carbocycles. The molecule has 1 aliphatic heterocycles. The van der Waals surface area contributed by atoms with Crippen LogP contribution in [0.1, 0.15) is 46.0 Å². The average Bonchev–Trinajstić information content (AvgIpc) is 2.87. The van der Waals surface area contributed by atoms with Gasteiger partial charge in [0.05, 0.1) is 12.1 Å². The molecule has 1 aliphatic rings. The SMILES string of the molecule is CCCCN(CCCC)C(=O)C1CC(OC)CN1. The Labute approximate surface area is 111 Å². The summed E-state index contributed by atoms with van der Waals surface area (Å²) in [4.78, 5) is 14.5. The molecular formula is C14H28N2O2. The number of hydrogen-bond acceptors (Lipinski definition) is 3. The minimum atomic E-state index is -0.0383. The van der Waals surface area contributed by atoms with Crippen LogP contribution in [0, 0.1) is 0 Å². The number of amides is 1. The summed E-state index contributed by atoms with van der Waals surface area (Å²) in [5.41, 5.74) is 0. The van der Waals surface area contributed by atoms with E-state index >= 15 is 0 Å². The Balaban J connectivity index is 2.47. The van der Waals surface area contributed by atoms with Crippen molar-refractivity contribution in [2.45, 2.75) is 58.1 Å². The molecule has 18 heavy (non-hydrogen) atoms. The van der Waals surface area contributed by atoms with Gasteiger partial charge in [-0.15, -0.1) is 0 Å². The maximum absolute atomic E-state index is 12.4. The van der Waals surface area contributed by atoms with Gasteiger partial charge in [0.2, 0.25) is 5.91 Å². The molecule has 106 valence electrons. The van der Waals surface area contributed by atoms with Crippen molar-refractivity contribution < 1.29 is 9.53 Å². The second kappa shape index (κ2) is 8.48. The van der Waals surface area contributed by atoms with Crippen LogP contribution in [-0.2, 0) is 9.53 Å². The Morgan fingerprint density at radius 1 is 1.28 bits per heavy atom. The van der Waals surface area contributed by atoms with E-state index in [0.29, 0.717) is 0 Å². The molecule has 0 aliphatic carbocycles. The third kappa shape index (κ3) is 4.58. The maximum Gasteiger partial charge on any atom is 0.239 e. The molecule has 2 unspecified atom stereocenters. The first-order chi connectivity index (χ1) is 8.72. The molecule has 2 atom stereocenters. The van der Waals surface area contributed by atoms with Gasteiger partial charge >= 0.3 is 0 Å². The number of hydrogen-bond donors (Lipinski definition) is 1. The quantitative estimate of drug-likeness (QED) is 0.720. The van der Waals surface area contributed by atoms with E-state index in [4.69, 9.17) is 4.74 Å². The molecule has 0 aromatic carbocycles. The summed E-state index contributed by atoms with van der Waals surface area (Å²) in [6, 6.07) is -0.0383. The van der Waals surface area contributed by atoms with Crippen LogP contribution in [0.15, 0.2) is 0 Å². The zero-order valence-corrected chi connectivity index (χ0v) is 12.1. The maximum atomic E-state index is 12.4. The smallest absolute Gasteiger partial charge is 0.239 e. The molecule has 0 spiro atoms. The first-order valence-corrected chi connectivity index (χ1v) is 7.27. The number of carbonyl (C=O) groups is 1. The number of carbonyl (C=O) groups excluding carboxylic acids is 1. The summed E-state index contributed by atoms with van der Waals surface area (Å²) in [5, 5.41) is 3.27. The number of nitrogens with one attached hydrogen (secondary N) is 1. The molecule has 1 saturated heterocycles. The van der Waals surface area contributed by atoms with Crippen molar-refractivity contribution in [2.24, 2.45) is 0 Å². The fourth-order valence-corrected chi connectivity index (χ4v) is 2.32. The van der Waals surface area contributed by atoms with E-state index in [2.05, 4.69) is 19.2 Å². The lowest BCUT2D eigenvalue weighted by atomic mass is 10.1. The monoisotopic (exact) mass is 256 g/mol. The van der Waals surface area contributed by atoms with Crippen molar-refractivity contribution in [3.05, 3.63) is 0 Å². The molecule has 0 bridgehead atoms. The van der Waals surface area contributed by atoms with Crippen molar-refractivity contribution in [1.29, 1.82) is 0 Å². The molecule has 1 heterocycles. The fourth-order valence-electron chi connectivity index (χ4n) is 2.32. The molecule has 4 heteroatoms. The standard InChI is InChI=1S/C14H28N2O2/c1-4-6-8-16(9-7-5-2)14(17)13-10-12(18-3)11-15-13/h12-13,15H,4-11H2,1-3H3. The predicted octanol–water partition coefficient (Wildman–Crippen LogP) is 1.79. The first-order valence-electron chi connectivity index (χ1n) is 7.27. The van der Waals surface area contributed by atoms with E-state index in [0.717, 1.165) is 51.7 Å².